The maximum absolute atomic E-state index is 12.6. The largest absolute Gasteiger partial charge is 0.462 e. The maximum atomic E-state index is 12.6. The predicted octanol–water partition coefficient (Wildman–Crippen LogP) is 4.83. The summed E-state index contributed by atoms with van der Waals surface area (Å²) in [5.41, 5.74) is 3.51. The Bertz CT molecular complexity index is 835. The van der Waals surface area contributed by atoms with Gasteiger partial charge in [-0.1, -0.05) is 25.1 Å². The van der Waals surface area contributed by atoms with Gasteiger partial charge in [-0.3, -0.25) is 4.79 Å². The van der Waals surface area contributed by atoms with Gasteiger partial charge in [0.1, 0.15) is 5.69 Å². The fourth-order valence-corrected chi connectivity index (χ4v) is 3.37. The van der Waals surface area contributed by atoms with Crippen molar-refractivity contribution >= 4 is 22.9 Å². The molecule has 2 heterocycles. The standard InChI is InChI=1S/C18H18N2O2S/c1-4-13-8-5-7-11(2)15(13)19-17(21)16-12(3)23-18(20-16)14-9-6-10-22-14/h5-10H,4H2,1-3H3,(H,19,21). The van der Waals surface area contributed by atoms with Crippen LogP contribution >= 0.6 is 11.3 Å². The van der Waals surface area contributed by atoms with Crippen molar-refractivity contribution in [2.24, 2.45) is 0 Å². The second-order valence-corrected chi connectivity index (χ2v) is 6.52. The third-order valence-electron chi connectivity index (χ3n) is 3.72. The Morgan fingerprint density at radius 3 is 2.78 bits per heavy atom. The van der Waals surface area contributed by atoms with Crippen LogP contribution in [0.15, 0.2) is 41.0 Å². The molecule has 4 nitrogen and oxygen atoms in total. The highest BCUT2D eigenvalue weighted by Gasteiger charge is 2.19. The fourth-order valence-electron chi connectivity index (χ4n) is 2.49. The van der Waals surface area contributed by atoms with Crippen LogP contribution in [0.25, 0.3) is 10.8 Å². The molecular formula is C18H18N2O2S. The number of nitrogens with zero attached hydrogens (tertiary/aromatic N) is 1. The van der Waals surface area contributed by atoms with Crippen LogP contribution in [-0.2, 0) is 6.42 Å². The van der Waals surface area contributed by atoms with Crippen molar-refractivity contribution in [2.75, 3.05) is 5.32 Å². The highest BCUT2D eigenvalue weighted by atomic mass is 32.1. The lowest BCUT2D eigenvalue weighted by Gasteiger charge is -2.12. The first kappa shape index (κ1) is 15.5. The minimum absolute atomic E-state index is 0.180. The van der Waals surface area contributed by atoms with Crippen LogP contribution in [-0.4, -0.2) is 10.9 Å². The molecule has 0 spiro atoms. The summed E-state index contributed by atoms with van der Waals surface area (Å²) in [6.45, 7) is 5.97. The molecule has 1 N–H and O–H groups in total. The summed E-state index contributed by atoms with van der Waals surface area (Å²) >= 11 is 1.46. The van der Waals surface area contributed by atoms with E-state index in [1.165, 1.54) is 11.3 Å². The molecule has 0 radical (unpaired) electrons. The van der Waals surface area contributed by atoms with Crippen LogP contribution in [0, 0.1) is 13.8 Å². The Morgan fingerprint density at radius 2 is 2.09 bits per heavy atom. The molecule has 0 fully saturated rings. The number of hydrogen-bond donors (Lipinski definition) is 1. The van der Waals surface area contributed by atoms with Crippen LogP contribution in [0.4, 0.5) is 5.69 Å². The lowest BCUT2D eigenvalue weighted by atomic mass is 10.1. The zero-order chi connectivity index (χ0) is 16.4. The van der Waals surface area contributed by atoms with Crippen LogP contribution in [0.1, 0.15) is 33.4 Å². The molecule has 0 unspecified atom stereocenters. The monoisotopic (exact) mass is 326 g/mol. The minimum atomic E-state index is -0.180. The van der Waals surface area contributed by atoms with Gasteiger partial charge in [0.05, 0.1) is 6.26 Å². The van der Waals surface area contributed by atoms with Gasteiger partial charge in [0.25, 0.3) is 5.91 Å². The maximum Gasteiger partial charge on any atom is 0.275 e. The van der Waals surface area contributed by atoms with Crippen molar-refractivity contribution in [3.05, 3.63) is 58.3 Å². The highest BCUT2D eigenvalue weighted by molar-refractivity contribution is 7.15. The lowest BCUT2D eigenvalue weighted by molar-refractivity contribution is 0.102. The third-order valence-corrected chi connectivity index (χ3v) is 4.71. The van der Waals surface area contributed by atoms with E-state index in [2.05, 4.69) is 17.2 Å². The summed E-state index contributed by atoms with van der Waals surface area (Å²) in [6.07, 6.45) is 2.47. The van der Waals surface area contributed by atoms with E-state index in [0.29, 0.717) is 11.5 Å². The van der Waals surface area contributed by atoms with E-state index in [0.717, 1.165) is 33.1 Å². The van der Waals surface area contributed by atoms with Gasteiger partial charge < -0.3 is 9.73 Å². The number of para-hydroxylation sites is 1. The van der Waals surface area contributed by atoms with Crippen LogP contribution < -0.4 is 5.32 Å². The number of hydrogen-bond acceptors (Lipinski definition) is 4. The smallest absolute Gasteiger partial charge is 0.275 e. The number of aryl methyl sites for hydroxylation is 3. The highest BCUT2D eigenvalue weighted by Crippen LogP contribution is 2.29. The Labute approximate surface area is 139 Å². The summed E-state index contributed by atoms with van der Waals surface area (Å²) in [7, 11) is 0. The van der Waals surface area contributed by atoms with Crippen molar-refractivity contribution in [3.63, 3.8) is 0 Å². The van der Waals surface area contributed by atoms with Crippen LogP contribution in [0.2, 0.25) is 0 Å². The number of aromatic nitrogens is 1. The van der Waals surface area contributed by atoms with Gasteiger partial charge >= 0.3 is 0 Å². The summed E-state index contributed by atoms with van der Waals surface area (Å²) in [4.78, 5) is 18.0. The van der Waals surface area contributed by atoms with Crippen molar-refractivity contribution in [1.29, 1.82) is 0 Å². The molecule has 0 saturated carbocycles. The molecule has 0 aliphatic rings. The number of nitrogens with one attached hydrogen (secondary N) is 1. The molecule has 0 bridgehead atoms. The molecule has 3 rings (SSSR count). The molecule has 0 saturated heterocycles. The van der Waals surface area contributed by atoms with Crippen molar-refractivity contribution < 1.29 is 9.21 Å². The summed E-state index contributed by atoms with van der Waals surface area (Å²) < 4.78 is 5.36. The molecule has 23 heavy (non-hydrogen) atoms. The molecule has 1 amide bonds. The molecule has 118 valence electrons. The Kier molecular flexibility index (Phi) is 4.30. The second-order valence-electron chi connectivity index (χ2n) is 5.32. The van der Waals surface area contributed by atoms with E-state index in [1.807, 2.05) is 44.2 Å². The number of anilines is 1. The third kappa shape index (κ3) is 3.05. The number of rotatable bonds is 4. The van der Waals surface area contributed by atoms with Crippen molar-refractivity contribution in [2.45, 2.75) is 27.2 Å². The second kappa shape index (κ2) is 6.38. The number of furan rings is 1. The van der Waals surface area contributed by atoms with E-state index >= 15 is 0 Å². The molecular weight excluding hydrogens is 308 g/mol. The molecule has 3 aromatic rings. The van der Waals surface area contributed by atoms with Gasteiger partial charge in [0, 0.05) is 10.6 Å². The summed E-state index contributed by atoms with van der Waals surface area (Å²) in [6, 6.07) is 9.69. The van der Waals surface area contributed by atoms with Crippen molar-refractivity contribution in [3.8, 4) is 10.8 Å². The number of carbonyl (C=O) groups is 1. The van der Waals surface area contributed by atoms with Gasteiger partial charge in [0.2, 0.25) is 0 Å². The molecule has 0 atom stereocenters. The van der Waals surface area contributed by atoms with Gasteiger partial charge in [-0.15, -0.1) is 11.3 Å². The predicted molar refractivity (Wildman–Crippen MR) is 93.1 cm³/mol. The molecule has 2 aromatic heterocycles. The first-order chi connectivity index (χ1) is 11.1. The average Bonchev–Trinajstić information content (AvgIpc) is 3.18. The van der Waals surface area contributed by atoms with Gasteiger partial charge in [-0.05, 0) is 43.5 Å². The SMILES string of the molecule is CCc1cccc(C)c1NC(=O)c1nc(-c2ccco2)sc1C. The molecule has 1 aromatic carbocycles. The topological polar surface area (TPSA) is 55.1 Å². The van der Waals surface area contributed by atoms with E-state index in [-0.39, 0.29) is 5.91 Å². The van der Waals surface area contributed by atoms with E-state index < -0.39 is 0 Å². The van der Waals surface area contributed by atoms with Gasteiger partial charge in [-0.25, -0.2) is 4.98 Å². The van der Waals surface area contributed by atoms with E-state index in [4.69, 9.17) is 4.42 Å². The quantitative estimate of drug-likeness (QED) is 0.747. The number of thiazole rings is 1. The molecule has 5 heteroatoms. The zero-order valence-electron chi connectivity index (χ0n) is 13.3. The van der Waals surface area contributed by atoms with E-state index in [1.54, 1.807) is 6.26 Å². The normalized spacial score (nSPS) is 10.7. The first-order valence-corrected chi connectivity index (χ1v) is 8.33. The average molecular weight is 326 g/mol. The van der Waals surface area contributed by atoms with Gasteiger partial charge in [-0.2, -0.15) is 0 Å². The first-order valence-electron chi connectivity index (χ1n) is 7.51. The summed E-state index contributed by atoms with van der Waals surface area (Å²) in [5.74, 6) is 0.503. The van der Waals surface area contributed by atoms with Gasteiger partial charge in [0.15, 0.2) is 10.8 Å². The van der Waals surface area contributed by atoms with Crippen molar-refractivity contribution in [1.82, 2.24) is 4.98 Å². The molecule has 0 aliphatic carbocycles. The Morgan fingerprint density at radius 1 is 1.26 bits per heavy atom. The molecule has 0 aliphatic heterocycles. The van der Waals surface area contributed by atoms with Crippen LogP contribution in [0.3, 0.4) is 0 Å². The zero-order valence-corrected chi connectivity index (χ0v) is 14.2. The Balaban J connectivity index is 1.90. The number of carbonyl (C=O) groups excluding carboxylic acids is 1. The minimum Gasteiger partial charge on any atom is -0.462 e. The fraction of sp³-hybridized carbons (Fsp3) is 0.222. The number of benzene rings is 1. The summed E-state index contributed by atoms with van der Waals surface area (Å²) in [5, 5.41) is 3.74. The van der Waals surface area contributed by atoms with Crippen LogP contribution in [0.5, 0.6) is 0 Å². The number of amides is 1. The lowest BCUT2D eigenvalue weighted by Crippen LogP contribution is -2.15. The Hall–Kier alpha value is -2.40. The van der Waals surface area contributed by atoms with E-state index in [9.17, 15) is 4.79 Å².